The van der Waals surface area contributed by atoms with Gasteiger partial charge in [0.15, 0.2) is 5.82 Å². The van der Waals surface area contributed by atoms with Crippen LogP contribution in [0.5, 0.6) is 0 Å². The van der Waals surface area contributed by atoms with Crippen LogP contribution in [0.15, 0.2) is 18.3 Å². The first-order valence-electron chi connectivity index (χ1n) is 5.13. The number of nitrogens with two attached hydrogens (primary N) is 1. The van der Waals surface area contributed by atoms with Crippen molar-refractivity contribution in [2.75, 3.05) is 5.43 Å². The molecule has 1 aliphatic rings. The van der Waals surface area contributed by atoms with Crippen LogP contribution in [0.3, 0.4) is 0 Å². The fraction of sp³-hybridized carbons (Fsp3) is 0.200. The van der Waals surface area contributed by atoms with Crippen molar-refractivity contribution in [3.8, 4) is 0 Å². The lowest BCUT2D eigenvalue weighted by Gasteiger charge is -2.13. The van der Waals surface area contributed by atoms with Gasteiger partial charge in [-0.15, -0.1) is 5.06 Å². The number of hydroxylamine groups is 2. The minimum Gasteiger partial charge on any atom is -0.325 e. The first kappa shape index (κ1) is 12.0. The summed E-state index contributed by atoms with van der Waals surface area (Å²) in [6.45, 7) is 0. The molecule has 1 aliphatic heterocycles. The monoisotopic (exact) mass is 250 g/mol. The first-order valence-corrected chi connectivity index (χ1v) is 5.13. The number of nitrogens with zero attached hydrogens (tertiary/aromatic N) is 2. The first-order chi connectivity index (χ1) is 8.63. The predicted octanol–water partition coefficient (Wildman–Crippen LogP) is -0.412. The zero-order valence-corrected chi connectivity index (χ0v) is 9.25. The van der Waals surface area contributed by atoms with Crippen LogP contribution in [0.25, 0.3) is 0 Å². The summed E-state index contributed by atoms with van der Waals surface area (Å²) >= 11 is 0. The number of rotatable bonds is 3. The maximum Gasteiger partial charge on any atom is 0.367 e. The second-order valence-corrected chi connectivity index (χ2v) is 3.50. The minimum atomic E-state index is -0.875. The number of anilines is 1. The molecule has 2 rings (SSSR count). The Balaban J connectivity index is 2.17. The van der Waals surface area contributed by atoms with Gasteiger partial charge in [0.05, 0.1) is 0 Å². The SMILES string of the molecule is NNc1ncccc1C(=O)ON1C(=O)CCC1=O. The van der Waals surface area contributed by atoms with Crippen molar-refractivity contribution >= 4 is 23.6 Å². The molecule has 0 atom stereocenters. The number of carbonyl (C=O) groups is 3. The molecule has 0 unspecified atom stereocenters. The van der Waals surface area contributed by atoms with E-state index in [0.29, 0.717) is 5.06 Å². The average Bonchev–Trinajstić information content (AvgIpc) is 2.70. The molecule has 3 N–H and O–H groups in total. The molecule has 8 nitrogen and oxygen atoms in total. The van der Waals surface area contributed by atoms with E-state index in [1.54, 1.807) is 0 Å². The molecule has 94 valence electrons. The van der Waals surface area contributed by atoms with Crippen LogP contribution >= 0.6 is 0 Å². The van der Waals surface area contributed by atoms with E-state index in [0.717, 1.165) is 0 Å². The quantitative estimate of drug-likeness (QED) is 0.425. The van der Waals surface area contributed by atoms with Gasteiger partial charge >= 0.3 is 5.97 Å². The second kappa shape index (κ2) is 4.80. The number of hydrazine groups is 1. The van der Waals surface area contributed by atoms with E-state index in [9.17, 15) is 14.4 Å². The van der Waals surface area contributed by atoms with Crippen molar-refractivity contribution in [2.45, 2.75) is 12.8 Å². The Bertz CT molecular complexity index is 500. The van der Waals surface area contributed by atoms with Crippen LogP contribution in [0.2, 0.25) is 0 Å². The lowest BCUT2D eigenvalue weighted by atomic mass is 10.2. The van der Waals surface area contributed by atoms with E-state index >= 15 is 0 Å². The summed E-state index contributed by atoms with van der Waals surface area (Å²) in [5.41, 5.74) is 2.26. The molecule has 1 fully saturated rings. The number of pyridine rings is 1. The van der Waals surface area contributed by atoms with E-state index in [4.69, 9.17) is 10.7 Å². The fourth-order valence-corrected chi connectivity index (χ4v) is 1.47. The van der Waals surface area contributed by atoms with Crippen molar-refractivity contribution in [3.63, 3.8) is 0 Å². The molecule has 1 aromatic heterocycles. The van der Waals surface area contributed by atoms with E-state index in [-0.39, 0.29) is 24.2 Å². The van der Waals surface area contributed by atoms with Gasteiger partial charge in [-0.25, -0.2) is 15.6 Å². The largest absolute Gasteiger partial charge is 0.367 e. The highest BCUT2D eigenvalue weighted by Gasteiger charge is 2.33. The molecule has 0 spiro atoms. The van der Waals surface area contributed by atoms with Crippen LogP contribution in [0, 0.1) is 0 Å². The molecule has 0 bridgehead atoms. The van der Waals surface area contributed by atoms with Gasteiger partial charge in [0.2, 0.25) is 0 Å². The summed E-state index contributed by atoms with van der Waals surface area (Å²) in [6, 6.07) is 2.92. The summed E-state index contributed by atoms with van der Waals surface area (Å²) in [7, 11) is 0. The number of carbonyl (C=O) groups excluding carboxylic acids is 3. The molecule has 0 radical (unpaired) electrons. The minimum absolute atomic E-state index is 0.0347. The van der Waals surface area contributed by atoms with E-state index < -0.39 is 17.8 Å². The number of imide groups is 1. The molecule has 2 heterocycles. The van der Waals surface area contributed by atoms with Gasteiger partial charge < -0.3 is 10.3 Å². The molecular weight excluding hydrogens is 240 g/mol. The highest BCUT2D eigenvalue weighted by molar-refractivity contribution is 6.03. The topological polar surface area (TPSA) is 115 Å². The van der Waals surface area contributed by atoms with E-state index in [1.165, 1.54) is 18.3 Å². The molecule has 8 heteroatoms. The van der Waals surface area contributed by atoms with Gasteiger partial charge in [0, 0.05) is 19.0 Å². The van der Waals surface area contributed by atoms with E-state index in [2.05, 4.69) is 10.4 Å². The number of hydrogen-bond donors (Lipinski definition) is 2. The van der Waals surface area contributed by atoms with Crippen molar-refractivity contribution in [1.29, 1.82) is 0 Å². The van der Waals surface area contributed by atoms with Gasteiger partial charge in [-0.3, -0.25) is 9.59 Å². The fourth-order valence-electron chi connectivity index (χ4n) is 1.47. The van der Waals surface area contributed by atoms with Gasteiger partial charge in [0.1, 0.15) is 5.56 Å². The average molecular weight is 250 g/mol. The van der Waals surface area contributed by atoms with Gasteiger partial charge in [0.25, 0.3) is 11.8 Å². The molecule has 0 saturated carbocycles. The van der Waals surface area contributed by atoms with Crippen LogP contribution < -0.4 is 11.3 Å². The summed E-state index contributed by atoms with van der Waals surface area (Å²) in [4.78, 5) is 42.9. The van der Waals surface area contributed by atoms with Crippen molar-refractivity contribution in [1.82, 2.24) is 10.0 Å². The third-order valence-electron chi connectivity index (χ3n) is 2.34. The van der Waals surface area contributed by atoms with Crippen LogP contribution in [0.1, 0.15) is 23.2 Å². The number of aromatic nitrogens is 1. The van der Waals surface area contributed by atoms with Gasteiger partial charge in [-0.1, -0.05) is 0 Å². The maximum atomic E-state index is 11.8. The van der Waals surface area contributed by atoms with Crippen molar-refractivity contribution in [2.24, 2.45) is 5.84 Å². The zero-order valence-electron chi connectivity index (χ0n) is 9.25. The number of nitrogen functional groups attached to an aromatic ring is 1. The number of amides is 2. The third-order valence-corrected chi connectivity index (χ3v) is 2.34. The van der Waals surface area contributed by atoms with Crippen LogP contribution in [-0.4, -0.2) is 27.8 Å². The van der Waals surface area contributed by atoms with Crippen LogP contribution in [-0.2, 0) is 14.4 Å². The molecule has 1 aromatic rings. The third kappa shape index (κ3) is 2.13. The second-order valence-electron chi connectivity index (χ2n) is 3.50. The standard InChI is InChI=1S/C10H10N4O4/c11-13-9-6(2-1-5-12-9)10(17)18-14-7(15)3-4-8(14)16/h1-2,5H,3-4,11H2,(H,12,13). The zero-order chi connectivity index (χ0) is 13.1. The maximum absolute atomic E-state index is 11.8. The lowest BCUT2D eigenvalue weighted by molar-refractivity contribution is -0.172. The molecule has 0 aliphatic carbocycles. The number of hydrogen-bond acceptors (Lipinski definition) is 7. The normalized spacial score (nSPS) is 14.8. The highest BCUT2D eigenvalue weighted by atomic mass is 16.7. The summed E-state index contributed by atoms with van der Waals surface area (Å²) in [5.74, 6) is 3.32. The van der Waals surface area contributed by atoms with Crippen LogP contribution in [0.4, 0.5) is 5.82 Å². The molecule has 1 saturated heterocycles. The summed E-state index contributed by atoms with van der Waals surface area (Å²) < 4.78 is 0. The lowest BCUT2D eigenvalue weighted by Crippen LogP contribution is -2.32. The van der Waals surface area contributed by atoms with Crippen molar-refractivity contribution in [3.05, 3.63) is 23.9 Å². The molecule has 0 aromatic carbocycles. The highest BCUT2D eigenvalue weighted by Crippen LogP contribution is 2.16. The Morgan fingerprint density at radius 3 is 2.67 bits per heavy atom. The smallest absolute Gasteiger partial charge is 0.325 e. The van der Waals surface area contributed by atoms with Gasteiger partial charge in [-0.05, 0) is 12.1 Å². The molecule has 2 amide bonds. The molecular formula is C10H10N4O4. The van der Waals surface area contributed by atoms with Gasteiger partial charge in [-0.2, -0.15) is 0 Å². The van der Waals surface area contributed by atoms with E-state index in [1.807, 2.05) is 0 Å². The summed E-state index contributed by atoms with van der Waals surface area (Å²) in [6.07, 6.45) is 1.51. The Morgan fingerprint density at radius 2 is 2.06 bits per heavy atom. The predicted molar refractivity (Wildman–Crippen MR) is 58.5 cm³/mol. The Kier molecular flexibility index (Phi) is 3.20. The Labute approximate surface area is 102 Å². The molecule has 18 heavy (non-hydrogen) atoms. The Morgan fingerprint density at radius 1 is 1.39 bits per heavy atom. The van der Waals surface area contributed by atoms with Crippen molar-refractivity contribution < 1.29 is 19.2 Å². The summed E-state index contributed by atoms with van der Waals surface area (Å²) in [5, 5.41) is 0.468. The number of nitrogens with one attached hydrogen (secondary N) is 1. The Hall–Kier alpha value is -2.48.